The minimum Gasteiger partial charge on any atom is -0.508 e. The molecule has 4 rings (SSSR count). The van der Waals surface area contributed by atoms with Gasteiger partial charge in [0.1, 0.15) is 54.2 Å². The number of aliphatic hydroxyl groups is 7. The Morgan fingerprint density at radius 1 is 0.730 bits per heavy atom. The number of hydrogen-bond acceptors (Lipinski definition) is 16. The molecule has 0 spiro atoms. The Kier molecular flexibility index (Phi) is 24.4. The van der Waals surface area contributed by atoms with E-state index in [-0.39, 0.29) is 43.7 Å². The Balaban J connectivity index is 1.68. The molecule has 0 bridgehead atoms. The molecule has 1 aromatic carbocycles. The van der Waals surface area contributed by atoms with Crippen LogP contribution < -0.4 is 32.3 Å². The van der Waals surface area contributed by atoms with Crippen molar-refractivity contribution in [1.29, 1.82) is 0 Å². The lowest BCUT2D eigenvalue weighted by molar-refractivity contribution is -0.148. The lowest BCUT2D eigenvalue weighted by atomic mass is 9.91. The van der Waals surface area contributed by atoms with Gasteiger partial charge in [0.25, 0.3) is 0 Å². The van der Waals surface area contributed by atoms with E-state index < -0.39 is 146 Å². The SMILES string of the molecule is CC[C@H](C)C[C@H](C)CCCCCCCCC(=O)NC1C[C@@H](O)[C@@H](C)NC(=O)[C@@H]2[C@@H](O)CCN2C(=O)[C@H]([C@H](O)CCN)NC(=O)[C@H]([C@H](O)[C@@H](O)c2ccc(O)cc2)NC(=O)[C@@H]2C[C@@H](O)CN2C(=O)[C@H]([C@@H](C)O)NC1=O. The van der Waals surface area contributed by atoms with Gasteiger partial charge in [0.05, 0.1) is 36.6 Å². The maximum atomic E-state index is 14.4. The number of nitrogens with zero attached hydrogens (tertiary/aromatic N) is 2. The number of carbonyl (C=O) groups excluding carboxylic acids is 7. The van der Waals surface area contributed by atoms with Crippen LogP contribution >= 0.6 is 0 Å². The third kappa shape index (κ3) is 17.3. The molecule has 7 amide bonds. The Bertz CT molecular complexity index is 2020. The Hall–Kier alpha value is -5.01. The molecule has 0 aromatic heterocycles. The van der Waals surface area contributed by atoms with Crippen molar-refractivity contribution in [3.8, 4) is 5.75 Å². The first-order chi connectivity index (χ1) is 35.0. The van der Waals surface area contributed by atoms with Gasteiger partial charge < -0.3 is 83.0 Å². The summed E-state index contributed by atoms with van der Waals surface area (Å²) in [6, 6.07) is -7.36. The Morgan fingerprint density at radius 3 is 1.97 bits per heavy atom. The number of nitrogens with two attached hydrogens (primary N) is 1. The fourth-order valence-electron chi connectivity index (χ4n) is 9.96. The smallest absolute Gasteiger partial charge is 0.248 e. The van der Waals surface area contributed by atoms with Gasteiger partial charge in [-0.05, 0) is 75.6 Å². The molecule has 0 saturated carbocycles. The highest BCUT2D eigenvalue weighted by Gasteiger charge is 2.48. The van der Waals surface area contributed by atoms with Crippen LogP contribution in [-0.4, -0.2) is 191 Å². The number of amides is 7. The summed E-state index contributed by atoms with van der Waals surface area (Å²) in [6.07, 6.45) is -4.85. The van der Waals surface area contributed by atoms with E-state index in [2.05, 4.69) is 47.4 Å². The highest BCUT2D eigenvalue weighted by atomic mass is 16.3. The van der Waals surface area contributed by atoms with E-state index in [4.69, 9.17) is 5.73 Å². The lowest BCUT2D eigenvalue weighted by Gasteiger charge is -2.34. The molecule has 3 saturated heterocycles. The van der Waals surface area contributed by atoms with Crippen LogP contribution in [-0.2, 0) is 33.6 Å². The van der Waals surface area contributed by atoms with Crippen LogP contribution in [0.15, 0.2) is 24.3 Å². The van der Waals surface area contributed by atoms with Crippen molar-refractivity contribution >= 4 is 41.4 Å². The number of rotatable bonds is 20. The second-order valence-corrected chi connectivity index (χ2v) is 20.8. The summed E-state index contributed by atoms with van der Waals surface area (Å²) in [4.78, 5) is 101. The number of unbranched alkanes of at least 4 members (excludes halogenated alkanes) is 5. The molecule has 418 valence electrons. The van der Waals surface area contributed by atoms with Gasteiger partial charge in [-0.25, -0.2) is 0 Å². The van der Waals surface area contributed by atoms with E-state index in [0.29, 0.717) is 18.3 Å². The van der Waals surface area contributed by atoms with Crippen LogP contribution in [0, 0.1) is 11.8 Å². The third-order valence-electron chi connectivity index (χ3n) is 14.6. The molecule has 3 aliphatic rings. The number of aromatic hydroxyl groups is 1. The van der Waals surface area contributed by atoms with Crippen molar-refractivity contribution in [3.63, 3.8) is 0 Å². The Labute approximate surface area is 433 Å². The maximum Gasteiger partial charge on any atom is 0.248 e. The monoisotopic (exact) mass is 1050 g/mol. The number of carbonyl (C=O) groups is 7. The first kappa shape index (κ1) is 61.5. The predicted molar refractivity (Wildman–Crippen MR) is 269 cm³/mol. The van der Waals surface area contributed by atoms with Crippen molar-refractivity contribution in [1.82, 2.24) is 36.4 Å². The van der Waals surface area contributed by atoms with Crippen molar-refractivity contribution in [2.75, 3.05) is 19.6 Å². The average Bonchev–Trinajstić information content (AvgIpc) is 3.95. The molecule has 1 unspecified atom stereocenters. The average molecular weight is 1050 g/mol. The number of fused-ring (bicyclic) bond motifs is 2. The number of aliphatic hydroxyl groups excluding tert-OH is 7. The summed E-state index contributed by atoms with van der Waals surface area (Å²) >= 11 is 0. The van der Waals surface area contributed by atoms with E-state index in [1.807, 2.05) is 0 Å². The molecular formula is C51H84N8O15. The van der Waals surface area contributed by atoms with E-state index in [1.54, 1.807) is 0 Å². The summed E-state index contributed by atoms with van der Waals surface area (Å²) in [5.74, 6) is -6.20. The molecule has 3 heterocycles. The lowest BCUT2D eigenvalue weighted by Crippen LogP contribution is -2.64. The number of nitrogens with one attached hydrogen (secondary N) is 5. The van der Waals surface area contributed by atoms with E-state index in [1.165, 1.54) is 44.5 Å². The van der Waals surface area contributed by atoms with Crippen molar-refractivity contribution in [3.05, 3.63) is 29.8 Å². The molecule has 3 aliphatic heterocycles. The first-order valence-corrected chi connectivity index (χ1v) is 26.4. The zero-order valence-corrected chi connectivity index (χ0v) is 43.5. The third-order valence-corrected chi connectivity index (χ3v) is 14.6. The minimum atomic E-state index is -2.26. The molecule has 0 aliphatic carbocycles. The van der Waals surface area contributed by atoms with Gasteiger partial charge in [0.15, 0.2) is 0 Å². The topological polar surface area (TPSA) is 374 Å². The number of benzene rings is 1. The van der Waals surface area contributed by atoms with E-state index in [9.17, 15) is 74.4 Å². The second kappa shape index (κ2) is 29.3. The van der Waals surface area contributed by atoms with Gasteiger partial charge in [-0.3, -0.25) is 33.6 Å². The molecule has 23 heteroatoms. The molecule has 16 atom stereocenters. The van der Waals surface area contributed by atoms with Gasteiger partial charge in [-0.1, -0.05) is 77.8 Å². The molecule has 1 aromatic rings. The zero-order valence-electron chi connectivity index (χ0n) is 43.5. The maximum absolute atomic E-state index is 14.4. The molecule has 3 fully saturated rings. The van der Waals surface area contributed by atoms with Crippen LogP contribution in [0.2, 0.25) is 0 Å². The fraction of sp³-hybridized carbons (Fsp3) is 0.745. The van der Waals surface area contributed by atoms with Crippen LogP contribution in [0.3, 0.4) is 0 Å². The van der Waals surface area contributed by atoms with Gasteiger partial charge in [0.2, 0.25) is 41.4 Å². The summed E-state index contributed by atoms with van der Waals surface area (Å²) in [6.45, 7) is 8.26. The van der Waals surface area contributed by atoms with Gasteiger partial charge >= 0.3 is 0 Å². The number of phenolic OH excluding ortho intramolecular Hbond substituents is 1. The van der Waals surface area contributed by atoms with E-state index in [0.717, 1.165) is 54.7 Å². The minimum absolute atomic E-state index is 0.00272. The van der Waals surface area contributed by atoms with Crippen LogP contribution in [0.5, 0.6) is 5.75 Å². The van der Waals surface area contributed by atoms with Gasteiger partial charge in [-0.15, -0.1) is 0 Å². The summed E-state index contributed by atoms with van der Waals surface area (Å²) < 4.78 is 0. The van der Waals surface area contributed by atoms with Crippen molar-refractivity contribution in [2.45, 2.75) is 210 Å². The van der Waals surface area contributed by atoms with Crippen molar-refractivity contribution < 1.29 is 74.4 Å². The highest BCUT2D eigenvalue weighted by molar-refractivity contribution is 5.98. The largest absolute Gasteiger partial charge is 0.508 e. The molecule has 74 heavy (non-hydrogen) atoms. The van der Waals surface area contributed by atoms with Gasteiger partial charge in [0, 0.05) is 32.4 Å². The quantitative estimate of drug-likeness (QED) is 0.0641. The molecule has 23 nitrogen and oxygen atoms in total. The van der Waals surface area contributed by atoms with Crippen molar-refractivity contribution in [2.24, 2.45) is 17.6 Å². The summed E-state index contributed by atoms with van der Waals surface area (Å²) in [7, 11) is 0. The molecule has 0 radical (unpaired) electrons. The predicted octanol–water partition coefficient (Wildman–Crippen LogP) is -1.80. The zero-order chi connectivity index (χ0) is 55.0. The first-order valence-electron chi connectivity index (χ1n) is 26.4. The summed E-state index contributed by atoms with van der Waals surface area (Å²) in [5, 5.41) is 101. The van der Waals surface area contributed by atoms with Crippen LogP contribution in [0.4, 0.5) is 0 Å². The van der Waals surface area contributed by atoms with Crippen LogP contribution in [0.1, 0.15) is 136 Å². The number of phenols is 1. The normalized spacial score (nSPS) is 29.3. The second-order valence-electron chi connectivity index (χ2n) is 20.8. The van der Waals surface area contributed by atoms with E-state index >= 15 is 0 Å². The van der Waals surface area contributed by atoms with Crippen LogP contribution in [0.25, 0.3) is 0 Å². The standard InChI is InChI=1S/C51H84N8O15/c1-6-27(2)23-28(3)13-11-9-7-8-10-12-14-39(66)54-34-25-38(65)29(4)53-49(72)43-37(64)20-22-58(43)51(74)41(36(63)19-21-52)56-48(71)42(45(68)44(67)31-15-17-32(61)18-16-31)57-47(70)35-24-33(62)26-59(35)50(73)40(30(5)60)55-46(34)69/h15-18,27-30,33-38,40-45,60-65,67-68H,6-14,19-26,52H2,1-5H3,(H,53,72)(H,54,66)(H,55,69)(H,56,71)(H,57,70)/t27-,28+,29+,30+,33+,34?,35-,36+,37-,38+,40-,41-,42-,43-,44-,45-/m0/s1. The number of hydrogen-bond donors (Lipinski definition) is 14. The summed E-state index contributed by atoms with van der Waals surface area (Å²) in [5.41, 5.74) is 5.68. The highest BCUT2D eigenvalue weighted by Crippen LogP contribution is 2.27. The fourth-order valence-corrected chi connectivity index (χ4v) is 9.96. The molecular weight excluding hydrogens is 965 g/mol. The Morgan fingerprint density at radius 2 is 1.34 bits per heavy atom. The molecule has 15 N–H and O–H groups in total. The van der Waals surface area contributed by atoms with Gasteiger partial charge in [-0.2, -0.15) is 0 Å².